The van der Waals surface area contributed by atoms with E-state index in [4.69, 9.17) is 13.9 Å². The highest BCUT2D eigenvalue weighted by atomic mass is 32.1. The number of fused-ring (bicyclic) bond motifs is 2. The topological polar surface area (TPSA) is 94.8 Å². The Hall–Kier alpha value is -3.72. The predicted molar refractivity (Wildman–Crippen MR) is 125 cm³/mol. The van der Waals surface area contributed by atoms with E-state index in [2.05, 4.69) is 10.2 Å². The van der Waals surface area contributed by atoms with Gasteiger partial charge in [-0.2, -0.15) is 0 Å². The SMILES string of the molecule is CCOc1ccc([C@H]2c3c(oc4ccccc4c3=O)C(=O)N2c2nnc(C)s2)cc1OCC. The van der Waals surface area contributed by atoms with E-state index in [-0.39, 0.29) is 16.8 Å². The number of benzene rings is 2. The zero-order chi connectivity index (χ0) is 23.1. The summed E-state index contributed by atoms with van der Waals surface area (Å²) in [5.41, 5.74) is 1.08. The summed E-state index contributed by atoms with van der Waals surface area (Å²) >= 11 is 1.28. The van der Waals surface area contributed by atoms with E-state index in [0.29, 0.717) is 51.4 Å². The maximum absolute atomic E-state index is 13.6. The van der Waals surface area contributed by atoms with E-state index >= 15 is 0 Å². The summed E-state index contributed by atoms with van der Waals surface area (Å²) in [4.78, 5) is 28.6. The van der Waals surface area contributed by atoms with Crippen molar-refractivity contribution in [3.63, 3.8) is 0 Å². The van der Waals surface area contributed by atoms with Gasteiger partial charge in [0.2, 0.25) is 10.9 Å². The van der Waals surface area contributed by atoms with E-state index < -0.39 is 11.9 Å². The fourth-order valence-electron chi connectivity index (χ4n) is 4.05. The number of aromatic nitrogens is 2. The Kier molecular flexibility index (Phi) is 5.33. The second-order valence-electron chi connectivity index (χ2n) is 7.42. The van der Waals surface area contributed by atoms with Crippen LogP contribution in [0.3, 0.4) is 0 Å². The summed E-state index contributed by atoms with van der Waals surface area (Å²) in [5.74, 6) is 0.720. The number of nitrogens with zero attached hydrogens (tertiary/aromatic N) is 3. The van der Waals surface area contributed by atoms with Crippen molar-refractivity contribution in [2.24, 2.45) is 0 Å². The summed E-state index contributed by atoms with van der Waals surface area (Å²) in [7, 11) is 0. The molecule has 0 fully saturated rings. The number of carbonyl (C=O) groups is 1. The zero-order valence-corrected chi connectivity index (χ0v) is 19.1. The largest absolute Gasteiger partial charge is 0.490 e. The van der Waals surface area contributed by atoms with Crippen molar-refractivity contribution in [3.05, 3.63) is 74.6 Å². The lowest BCUT2D eigenvalue weighted by atomic mass is 9.98. The minimum Gasteiger partial charge on any atom is -0.490 e. The third-order valence-electron chi connectivity index (χ3n) is 5.38. The molecule has 9 heteroatoms. The molecule has 1 aliphatic rings. The first kappa shape index (κ1) is 21.1. The molecule has 1 atom stereocenters. The van der Waals surface area contributed by atoms with E-state index in [1.54, 1.807) is 36.4 Å². The van der Waals surface area contributed by atoms with E-state index in [1.165, 1.54) is 16.2 Å². The monoisotopic (exact) mass is 463 g/mol. The van der Waals surface area contributed by atoms with Crippen LogP contribution in [0.25, 0.3) is 11.0 Å². The molecule has 0 N–H and O–H groups in total. The minimum atomic E-state index is -0.740. The van der Waals surface area contributed by atoms with Crippen molar-refractivity contribution in [3.8, 4) is 11.5 Å². The van der Waals surface area contributed by atoms with Gasteiger partial charge in [-0.1, -0.05) is 29.5 Å². The second kappa shape index (κ2) is 8.32. The average Bonchev–Trinajstić information content (AvgIpc) is 3.36. The summed E-state index contributed by atoms with van der Waals surface area (Å²) in [5, 5.41) is 9.77. The summed E-state index contributed by atoms with van der Waals surface area (Å²) in [6.45, 7) is 6.51. The molecule has 0 saturated carbocycles. The Morgan fingerprint density at radius 3 is 2.52 bits per heavy atom. The smallest absolute Gasteiger partial charge is 0.297 e. The van der Waals surface area contributed by atoms with Crippen LogP contribution in [0.5, 0.6) is 11.5 Å². The molecule has 1 aliphatic heterocycles. The van der Waals surface area contributed by atoms with Crippen LogP contribution in [0, 0.1) is 6.92 Å². The van der Waals surface area contributed by atoms with Gasteiger partial charge in [0.1, 0.15) is 10.6 Å². The first-order valence-electron chi connectivity index (χ1n) is 10.6. The van der Waals surface area contributed by atoms with Gasteiger partial charge in [-0.05, 0) is 50.6 Å². The predicted octanol–water partition coefficient (Wildman–Crippen LogP) is 4.50. The Balaban J connectivity index is 1.77. The molecule has 3 heterocycles. The third-order valence-corrected chi connectivity index (χ3v) is 6.22. The first-order chi connectivity index (χ1) is 16.0. The van der Waals surface area contributed by atoms with Gasteiger partial charge in [-0.25, -0.2) is 0 Å². The number of para-hydroxylation sites is 1. The Bertz CT molecular complexity index is 1430. The Morgan fingerprint density at radius 2 is 1.79 bits per heavy atom. The van der Waals surface area contributed by atoms with Gasteiger partial charge in [0, 0.05) is 0 Å². The third kappa shape index (κ3) is 3.45. The van der Waals surface area contributed by atoms with Crippen molar-refractivity contribution in [2.75, 3.05) is 18.1 Å². The molecule has 0 aliphatic carbocycles. The zero-order valence-electron chi connectivity index (χ0n) is 18.3. The molecule has 4 aromatic rings. The lowest BCUT2D eigenvalue weighted by Crippen LogP contribution is -2.29. The van der Waals surface area contributed by atoms with Crippen LogP contribution >= 0.6 is 11.3 Å². The van der Waals surface area contributed by atoms with Crippen molar-refractivity contribution in [1.82, 2.24) is 10.2 Å². The molecule has 2 aromatic carbocycles. The highest BCUT2D eigenvalue weighted by Gasteiger charge is 2.45. The Morgan fingerprint density at radius 1 is 1.03 bits per heavy atom. The van der Waals surface area contributed by atoms with Crippen molar-refractivity contribution < 1.29 is 18.7 Å². The number of amides is 1. The molecule has 0 radical (unpaired) electrons. The number of ether oxygens (including phenoxy) is 2. The quantitative estimate of drug-likeness (QED) is 0.415. The minimum absolute atomic E-state index is 0.0170. The van der Waals surface area contributed by atoms with Gasteiger partial charge in [0.05, 0.1) is 30.2 Å². The Labute approximate surface area is 193 Å². The van der Waals surface area contributed by atoms with Crippen molar-refractivity contribution >= 4 is 33.3 Å². The summed E-state index contributed by atoms with van der Waals surface area (Å²) < 4.78 is 17.4. The van der Waals surface area contributed by atoms with Crippen LogP contribution in [0.15, 0.2) is 51.7 Å². The number of anilines is 1. The maximum atomic E-state index is 13.6. The second-order valence-corrected chi connectivity index (χ2v) is 8.58. The molecule has 5 rings (SSSR count). The number of hydrogen-bond donors (Lipinski definition) is 0. The molecule has 168 valence electrons. The fraction of sp³-hybridized carbons (Fsp3) is 0.250. The normalized spacial score (nSPS) is 15.2. The van der Waals surface area contributed by atoms with Crippen LogP contribution in [0.4, 0.5) is 5.13 Å². The standard InChI is InChI=1S/C24H21N3O5S/c1-4-30-17-11-10-14(12-18(17)31-5-2)20-19-21(28)15-8-6-7-9-16(15)32-22(19)23(29)27(20)24-26-25-13(3)33-24/h6-12,20H,4-5H2,1-3H3/t20-/m0/s1. The molecule has 0 unspecified atom stereocenters. The van der Waals surface area contributed by atoms with Gasteiger partial charge >= 0.3 is 0 Å². The van der Waals surface area contributed by atoms with Gasteiger partial charge < -0.3 is 13.9 Å². The summed E-state index contributed by atoms with van der Waals surface area (Å²) in [6, 6.07) is 11.6. The van der Waals surface area contributed by atoms with E-state index in [9.17, 15) is 9.59 Å². The number of carbonyl (C=O) groups excluding carboxylic acids is 1. The van der Waals surface area contributed by atoms with Gasteiger partial charge in [0.25, 0.3) is 5.91 Å². The molecular formula is C24H21N3O5S. The molecular weight excluding hydrogens is 442 g/mol. The molecule has 33 heavy (non-hydrogen) atoms. The van der Waals surface area contributed by atoms with Crippen LogP contribution in [0.1, 0.15) is 46.6 Å². The molecule has 0 spiro atoms. The molecule has 1 amide bonds. The van der Waals surface area contributed by atoms with Gasteiger partial charge in [-0.15, -0.1) is 10.2 Å². The number of hydrogen-bond acceptors (Lipinski definition) is 8. The molecule has 2 aromatic heterocycles. The average molecular weight is 464 g/mol. The van der Waals surface area contributed by atoms with Crippen molar-refractivity contribution in [2.45, 2.75) is 26.8 Å². The van der Waals surface area contributed by atoms with Gasteiger partial charge in [0.15, 0.2) is 16.9 Å². The molecule has 0 saturated heterocycles. The maximum Gasteiger partial charge on any atom is 0.297 e. The van der Waals surface area contributed by atoms with E-state index in [1.807, 2.05) is 26.8 Å². The van der Waals surface area contributed by atoms with Crippen LogP contribution < -0.4 is 19.8 Å². The first-order valence-corrected chi connectivity index (χ1v) is 11.4. The van der Waals surface area contributed by atoms with Crippen LogP contribution in [-0.4, -0.2) is 29.3 Å². The fourth-order valence-corrected chi connectivity index (χ4v) is 4.77. The number of aryl methyl sites for hydroxylation is 1. The van der Waals surface area contributed by atoms with E-state index in [0.717, 1.165) is 0 Å². The van der Waals surface area contributed by atoms with Gasteiger partial charge in [-0.3, -0.25) is 14.5 Å². The van der Waals surface area contributed by atoms with Crippen molar-refractivity contribution in [1.29, 1.82) is 0 Å². The van der Waals surface area contributed by atoms with Crippen LogP contribution in [-0.2, 0) is 0 Å². The highest BCUT2D eigenvalue weighted by molar-refractivity contribution is 7.15. The lowest BCUT2D eigenvalue weighted by molar-refractivity contribution is 0.0970. The summed E-state index contributed by atoms with van der Waals surface area (Å²) in [6.07, 6.45) is 0. The number of rotatable bonds is 6. The lowest BCUT2D eigenvalue weighted by Gasteiger charge is -2.23. The van der Waals surface area contributed by atoms with Crippen LogP contribution in [0.2, 0.25) is 0 Å². The molecule has 8 nitrogen and oxygen atoms in total. The molecule has 0 bridgehead atoms. The highest BCUT2D eigenvalue weighted by Crippen LogP contribution is 2.43.